The third-order valence-corrected chi connectivity index (χ3v) is 4.61. The molecule has 0 amide bonds. The van der Waals surface area contributed by atoms with Crippen LogP contribution in [-0.4, -0.2) is 6.04 Å². The predicted molar refractivity (Wildman–Crippen MR) is 84.4 cm³/mol. The van der Waals surface area contributed by atoms with E-state index in [4.69, 9.17) is 11.6 Å². The molecular formula is C14H15BrClNS. The van der Waals surface area contributed by atoms with Gasteiger partial charge in [-0.15, -0.1) is 0 Å². The van der Waals surface area contributed by atoms with E-state index >= 15 is 0 Å². The molecule has 0 saturated carbocycles. The molecule has 2 aromatic rings. The van der Waals surface area contributed by atoms with E-state index in [0.717, 1.165) is 16.0 Å². The zero-order valence-electron chi connectivity index (χ0n) is 10.3. The van der Waals surface area contributed by atoms with Crippen LogP contribution < -0.4 is 5.32 Å². The van der Waals surface area contributed by atoms with Crippen LogP contribution in [0.15, 0.2) is 33.4 Å². The summed E-state index contributed by atoms with van der Waals surface area (Å²) >= 11 is 11.4. The van der Waals surface area contributed by atoms with Crippen molar-refractivity contribution in [3.05, 3.63) is 44.0 Å². The summed E-state index contributed by atoms with van der Waals surface area (Å²) in [7, 11) is 0. The first-order chi connectivity index (χ1) is 8.58. The van der Waals surface area contributed by atoms with Crippen LogP contribution in [0.2, 0.25) is 5.02 Å². The third kappa shape index (κ3) is 3.35. The van der Waals surface area contributed by atoms with E-state index in [1.165, 1.54) is 16.7 Å². The van der Waals surface area contributed by atoms with Crippen LogP contribution in [0.4, 0.5) is 0 Å². The standard InChI is InChI=1S/C14H15BrClNS/c1-9(2)17-6-10-5-11(16)3-4-12(10)13-7-18-8-14(13)15/h3-5,7-9,17H,6H2,1-2H3. The van der Waals surface area contributed by atoms with Gasteiger partial charge in [0.2, 0.25) is 0 Å². The zero-order chi connectivity index (χ0) is 13.1. The minimum atomic E-state index is 0.461. The Labute approximate surface area is 125 Å². The molecule has 0 aliphatic carbocycles. The molecule has 1 nitrogen and oxygen atoms in total. The number of hydrogen-bond acceptors (Lipinski definition) is 2. The average Bonchev–Trinajstić information content (AvgIpc) is 2.73. The van der Waals surface area contributed by atoms with Crippen molar-refractivity contribution in [1.82, 2.24) is 5.32 Å². The molecule has 0 spiro atoms. The predicted octanol–water partition coefficient (Wildman–Crippen LogP) is 5.33. The van der Waals surface area contributed by atoms with Crippen LogP contribution in [0.25, 0.3) is 11.1 Å². The summed E-state index contributed by atoms with van der Waals surface area (Å²) in [4.78, 5) is 0. The first-order valence-electron chi connectivity index (χ1n) is 5.82. The van der Waals surface area contributed by atoms with E-state index in [-0.39, 0.29) is 0 Å². The normalized spacial score (nSPS) is 11.2. The minimum Gasteiger partial charge on any atom is -0.310 e. The van der Waals surface area contributed by atoms with Gasteiger partial charge in [-0.25, -0.2) is 0 Å². The van der Waals surface area contributed by atoms with Crippen LogP contribution in [0.3, 0.4) is 0 Å². The highest BCUT2D eigenvalue weighted by molar-refractivity contribution is 9.10. The van der Waals surface area contributed by atoms with Crippen LogP contribution >= 0.6 is 38.9 Å². The van der Waals surface area contributed by atoms with Crippen LogP contribution in [0.1, 0.15) is 19.4 Å². The van der Waals surface area contributed by atoms with Crippen molar-refractivity contribution in [2.75, 3.05) is 0 Å². The summed E-state index contributed by atoms with van der Waals surface area (Å²) < 4.78 is 1.14. The Balaban J connectivity index is 2.37. The van der Waals surface area contributed by atoms with Crippen molar-refractivity contribution < 1.29 is 0 Å². The SMILES string of the molecule is CC(C)NCc1cc(Cl)ccc1-c1cscc1Br. The molecule has 18 heavy (non-hydrogen) atoms. The molecule has 0 saturated heterocycles. The molecule has 4 heteroatoms. The van der Waals surface area contributed by atoms with Gasteiger partial charge in [0.05, 0.1) is 0 Å². The number of halogens is 2. The van der Waals surface area contributed by atoms with E-state index in [2.05, 4.69) is 51.9 Å². The Bertz CT molecular complexity index is 536. The third-order valence-electron chi connectivity index (χ3n) is 2.67. The van der Waals surface area contributed by atoms with Crippen molar-refractivity contribution in [2.24, 2.45) is 0 Å². The first kappa shape index (κ1) is 14.1. The smallest absolute Gasteiger partial charge is 0.0409 e. The molecule has 1 heterocycles. The Morgan fingerprint density at radius 2 is 2.06 bits per heavy atom. The Morgan fingerprint density at radius 1 is 1.28 bits per heavy atom. The van der Waals surface area contributed by atoms with Gasteiger partial charge in [0.1, 0.15) is 0 Å². The topological polar surface area (TPSA) is 12.0 Å². The summed E-state index contributed by atoms with van der Waals surface area (Å²) in [5.41, 5.74) is 3.70. The second kappa shape index (κ2) is 6.20. The second-order valence-corrected chi connectivity index (χ2v) is 6.50. The quantitative estimate of drug-likeness (QED) is 0.790. The molecule has 0 unspecified atom stereocenters. The van der Waals surface area contributed by atoms with E-state index < -0.39 is 0 Å². The van der Waals surface area contributed by atoms with Gasteiger partial charge in [-0.2, -0.15) is 11.3 Å². The van der Waals surface area contributed by atoms with E-state index in [1.54, 1.807) is 11.3 Å². The summed E-state index contributed by atoms with van der Waals surface area (Å²) in [5.74, 6) is 0. The Morgan fingerprint density at radius 3 is 2.67 bits per heavy atom. The fourth-order valence-electron chi connectivity index (χ4n) is 1.76. The maximum atomic E-state index is 6.10. The minimum absolute atomic E-state index is 0.461. The molecule has 0 radical (unpaired) electrons. The summed E-state index contributed by atoms with van der Waals surface area (Å²) in [6, 6.07) is 6.53. The Hall–Kier alpha value is -0.350. The highest BCUT2D eigenvalue weighted by Crippen LogP contribution is 2.34. The zero-order valence-corrected chi connectivity index (χ0v) is 13.5. The van der Waals surface area contributed by atoms with Gasteiger partial charge in [-0.3, -0.25) is 0 Å². The number of hydrogen-bond donors (Lipinski definition) is 1. The average molecular weight is 345 g/mol. The Kier molecular flexibility index (Phi) is 4.84. The molecule has 0 aliphatic heterocycles. The van der Waals surface area contributed by atoms with Crippen molar-refractivity contribution in [1.29, 1.82) is 0 Å². The van der Waals surface area contributed by atoms with E-state index in [0.29, 0.717) is 6.04 Å². The number of rotatable bonds is 4. The van der Waals surface area contributed by atoms with Gasteiger partial charge in [0.25, 0.3) is 0 Å². The number of thiophene rings is 1. The van der Waals surface area contributed by atoms with Gasteiger partial charge in [-0.1, -0.05) is 31.5 Å². The maximum Gasteiger partial charge on any atom is 0.0409 e. The number of benzene rings is 1. The molecule has 96 valence electrons. The highest BCUT2D eigenvalue weighted by atomic mass is 79.9. The van der Waals surface area contributed by atoms with Gasteiger partial charge in [0, 0.05) is 33.0 Å². The fraction of sp³-hybridized carbons (Fsp3) is 0.286. The van der Waals surface area contributed by atoms with Crippen LogP contribution in [0, 0.1) is 0 Å². The van der Waals surface area contributed by atoms with Crippen molar-refractivity contribution in [3.63, 3.8) is 0 Å². The van der Waals surface area contributed by atoms with E-state index in [9.17, 15) is 0 Å². The fourth-order valence-corrected chi connectivity index (χ4v) is 3.46. The molecular weight excluding hydrogens is 330 g/mol. The lowest BCUT2D eigenvalue weighted by molar-refractivity contribution is 0.589. The number of nitrogens with one attached hydrogen (secondary N) is 1. The first-order valence-corrected chi connectivity index (χ1v) is 7.93. The lowest BCUT2D eigenvalue weighted by atomic mass is 10.0. The van der Waals surface area contributed by atoms with Gasteiger partial charge in [-0.05, 0) is 44.6 Å². The van der Waals surface area contributed by atoms with Crippen LogP contribution in [0.5, 0.6) is 0 Å². The van der Waals surface area contributed by atoms with Crippen molar-refractivity contribution >= 4 is 38.9 Å². The van der Waals surface area contributed by atoms with E-state index in [1.807, 2.05) is 12.1 Å². The molecule has 0 bridgehead atoms. The van der Waals surface area contributed by atoms with Gasteiger partial charge < -0.3 is 5.32 Å². The largest absolute Gasteiger partial charge is 0.310 e. The lowest BCUT2D eigenvalue weighted by Gasteiger charge is -2.13. The van der Waals surface area contributed by atoms with Crippen molar-refractivity contribution in [2.45, 2.75) is 26.4 Å². The summed E-state index contributed by atoms with van der Waals surface area (Å²) in [6.07, 6.45) is 0. The molecule has 2 rings (SSSR count). The molecule has 1 aromatic heterocycles. The lowest BCUT2D eigenvalue weighted by Crippen LogP contribution is -2.22. The van der Waals surface area contributed by atoms with Gasteiger partial charge in [0.15, 0.2) is 0 Å². The molecule has 1 aromatic carbocycles. The monoisotopic (exact) mass is 343 g/mol. The molecule has 0 aliphatic rings. The summed E-state index contributed by atoms with van der Waals surface area (Å²) in [6.45, 7) is 5.12. The molecule has 0 atom stereocenters. The maximum absolute atomic E-state index is 6.10. The highest BCUT2D eigenvalue weighted by Gasteiger charge is 2.10. The second-order valence-electron chi connectivity index (χ2n) is 4.47. The summed E-state index contributed by atoms with van der Waals surface area (Å²) in [5, 5.41) is 8.48. The molecule has 1 N–H and O–H groups in total. The molecule has 0 fully saturated rings. The van der Waals surface area contributed by atoms with Crippen LogP contribution in [-0.2, 0) is 6.54 Å². The van der Waals surface area contributed by atoms with Crippen molar-refractivity contribution in [3.8, 4) is 11.1 Å². The van der Waals surface area contributed by atoms with Gasteiger partial charge >= 0.3 is 0 Å².